The number of para-hydroxylation sites is 2. The van der Waals surface area contributed by atoms with Crippen LogP contribution in [-0.2, 0) is 9.59 Å². The van der Waals surface area contributed by atoms with E-state index in [1.165, 1.54) is 19.2 Å². The number of anilines is 2. The van der Waals surface area contributed by atoms with E-state index in [1.807, 2.05) is 0 Å². The van der Waals surface area contributed by atoms with Crippen molar-refractivity contribution in [3.05, 3.63) is 48.5 Å². The lowest BCUT2D eigenvalue weighted by Gasteiger charge is -2.08. The predicted octanol–water partition coefficient (Wildman–Crippen LogP) is 1.98. The highest BCUT2D eigenvalue weighted by Crippen LogP contribution is 2.21. The molecule has 0 saturated heterocycles. The van der Waals surface area contributed by atoms with E-state index in [4.69, 9.17) is 4.74 Å². The standard InChI is InChI=1S/C15H14N2O4/c1-21-11-8-6-10(7-9-11)16-14(19)15(20)17-12-4-2-3-5-13(12)18/h2-9,18H,1H3,(H,16,19)(H,17,20). The van der Waals surface area contributed by atoms with Crippen molar-refractivity contribution in [2.45, 2.75) is 0 Å². The van der Waals surface area contributed by atoms with Gasteiger partial charge in [-0.3, -0.25) is 9.59 Å². The number of phenolic OH excluding ortho intramolecular Hbond substituents is 1. The maximum Gasteiger partial charge on any atom is 0.314 e. The fraction of sp³-hybridized carbons (Fsp3) is 0.0667. The molecule has 21 heavy (non-hydrogen) atoms. The van der Waals surface area contributed by atoms with E-state index in [0.717, 1.165) is 0 Å². The molecule has 0 heterocycles. The second-order valence-electron chi connectivity index (χ2n) is 4.15. The number of ether oxygens (including phenoxy) is 1. The summed E-state index contributed by atoms with van der Waals surface area (Å²) in [6.07, 6.45) is 0. The third kappa shape index (κ3) is 3.73. The molecule has 2 aromatic rings. The molecule has 0 aliphatic rings. The van der Waals surface area contributed by atoms with Crippen LogP contribution in [0.25, 0.3) is 0 Å². The van der Waals surface area contributed by atoms with Crippen LogP contribution in [-0.4, -0.2) is 24.0 Å². The number of amides is 2. The van der Waals surface area contributed by atoms with Crippen molar-refractivity contribution < 1.29 is 19.4 Å². The number of hydrogen-bond donors (Lipinski definition) is 3. The molecule has 0 aliphatic carbocycles. The molecule has 2 amide bonds. The van der Waals surface area contributed by atoms with Gasteiger partial charge in [-0.1, -0.05) is 12.1 Å². The summed E-state index contributed by atoms with van der Waals surface area (Å²) in [6, 6.07) is 12.7. The first-order chi connectivity index (χ1) is 10.1. The predicted molar refractivity (Wildman–Crippen MR) is 78.4 cm³/mol. The van der Waals surface area contributed by atoms with Crippen LogP contribution >= 0.6 is 0 Å². The third-order valence-electron chi connectivity index (χ3n) is 2.71. The van der Waals surface area contributed by atoms with Crippen LogP contribution in [0.2, 0.25) is 0 Å². The maximum atomic E-state index is 11.7. The van der Waals surface area contributed by atoms with Crippen molar-refractivity contribution in [2.24, 2.45) is 0 Å². The van der Waals surface area contributed by atoms with E-state index in [1.54, 1.807) is 36.4 Å². The summed E-state index contributed by atoms with van der Waals surface area (Å²) in [7, 11) is 1.54. The second kappa shape index (κ2) is 6.42. The SMILES string of the molecule is COc1ccc(NC(=O)C(=O)Nc2ccccc2O)cc1. The molecule has 0 bridgehead atoms. The molecule has 0 fully saturated rings. The highest BCUT2D eigenvalue weighted by atomic mass is 16.5. The van der Waals surface area contributed by atoms with Crippen LogP contribution in [0.15, 0.2) is 48.5 Å². The Bertz CT molecular complexity index is 653. The smallest absolute Gasteiger partial charge is 0.314 e. The van der Waals surface area contributed by atoms with Gasteiger partial charge in [-0.25, -0.2) is 0 Å². The Kier molecular flexibility index (Phi) is 4.40. The fourth-order valence-corrected chi connectivity index (χ4v) is 1.62. The Morgan fingerprint density at radius 3 is 2.19 bits per heavy atom. The third-order valence-corrected chi connectivity index (χ3v) is 2.71. The average Bonchev–Trinajstić information content (AvgIpc) is 2.50. The Morgan fingerprint density at radius 2 is 1.57 bits per heavy atom. The zero-order valence-electron chi connectivity index (χ0n) is 11.3. The molecule has 0 radical (unpaired) electrons. The Morgan fingerprint density at radius 1 is 0.952 bits per heavy atom. The number of rotatable bonds is 3. The lowest BCUT2D eigenvalue weighted by Crippen LogP contribution is -2.29. The first-order valence-electron chi connectivity index (χ1n) is 6.14. The molecule has 2 rings (SSSR count). The van der Waals surface area contributed by atoms with Crippen LogP contribution in [0.4, 0.5) is 11.4 Å². The quantitative estimate of drug-likeness (QED) is 0.594. The maximum absolute atomic E-state index is 11.7. The van der Waals surface area contributed by atoms with Crippen LogP contribution in [0.1, 0.15) is 0 Å². The van der Waals surface area contributed by atoms with Gasteiger partial charge in [0, 0.05) is 5.69 Å². The summed E-state index contributed by atoms with van der Waals surface area (Å²) < 4.78 is 4.99. The van der Waals surface area contributed by atoms with E-state index >= 15 is 0 Å². The Labute approximate surface area is 121 Å². The molecular weight excluding hydrogens is 272 g/mol. The number of phenols is 1. The van der Waals surface area contributed by atoms with Gasteiger partial charge in [-0.2, -0.15) is 0 Å². The lowest BCUT2D eigenvalue weighted by molar-refractivity contribution is -0.133. The average molecular weight is 286 g/mol. The highest BCUT2D eigenvalue weighted by Gasteiger charge is 2.15. The highest BCUT2D eigenvalue weighted by molar-refractivity contribution is 6.43. The summed E-state index contributed by atoms with van der Waals surface area (Å²) in [5.41, 5.74) is 0.639. The van der Waals surface area contributed by atoms with E-state index in [0.29, 0.717) is 11.4 Å². The summed E-state index contributed by atoms with van der Waals surface area (Å²) in [4.78, 5) is 23.5. The van der Waals surface area contributed by atoms with Crippen molar-refractivity contribution >= 4 is 23.2 Å². The first kappa shape index (κ1) is 14.4. The summed E-state index contributed by atoms with van der Waals surface area (Å²) in [5.74, 6) is -1.16. The van der Waals surface area contributed by atoms with Crippen molar-refractivity contribution in [3.8, 4) is 11.5 Å². The molecule has 108 valence electrons. The van der Waals surface area contributed by atoms with Gasteiger partial charge in [0.05, 0.1) is 12.8 Å². The number of aromatic hydroxyl groups is 1. The fourth-order valence-electron chi connectivity index (χ4n) is 1.62. The van der Waals surface area contributed by atoms with Crippen LogP contribution in [0.5, 0.6) is 11.5 Å². The molecule has 6 nitrogen and oxygen atoms in total. The van der Waals surface area contributed by atoms with E-state index in [2.05, 4.69) is 10.6 Å². The number of nitrogens with one attached hydrogen (secondary N) is 2. The molecule has 0 spiro atoms. The molecule has 0 aliphatic heterocycles. The largest absolute Gasteiger partial charge is 0.506 e. The first-order valence-corrected chi connectivity index (χ1v) is 6.14. The van der Waals surface area contributed by atoms with Gasteiger partial charge in [0.1, 0.15) is 11.5 Å². The van der Waals surface area contributed by atoms with Gasteiger partial charge in [0.15, 0.2) is 0 Å². The minimum Gasteiger partial charge on any atom is -0.506 e. The van der Waals surface area contributed by atoms with E-state index < -0.39 is 11.8 Å². The second-order valence-corrected chi connectivity index (χ2v) is 4.15. The van der Waals surface area contributed by atoms with E-state index in [9.17, 15) is 14.7 Å². The number of benzene rings is 2. The molecule has 0 atom stereocenters. The number of carbonyl (C=O) groups excluding carboxylic acids is 2. The summed E-state index contributed by atoms with van der Waals surface area (Å²) >= 11 is 0. The monoisotopic (exact) mass is 286 g/mol. The molecule has 0 saturated carbocycles. The van der Waals surface area contributed by atoms with Gasteiger partial charge >= 0.3 is 11.8 Å². The minimum absolute atomic E-state index is 0.108. The Balaban J connectivity index is 1.99. The van der Waals surface area contributed by atoms with Crippen molar-refractivity contribution in [1.29, 1.82) is 0 Å². The molecule has 0 aromatic heterocycles. The van der Waals surface area contributed by atoms with Crippen molar-refractivity contribution in [3.63, 3.8) is 0 Å². The number of methoxy groups -OCH3 is 1. The summed E-state index contributed by atoms with van der Waals surface area (Å²) in [6.45, 7) is 0. The van der Waals surface area contributed by atoms with Crippen LogP contribution in [0, 0.1) is 0 Å². The van der Waals surface area contributed by atoms with E-state index in [-0.39, 0.29) is 11.4 Å². The zero-order chi connectivity index (χ0) is 15.2. The van der Waals surface area contributed by atoms with Crippen molar-refractivity contribution in [2.75, 3.05) is 17.7 Å². The van der Waals surface area contributed by atoms with Crippen LogP contribution in [0.3, 0.4) is 0 Å². The zero-order valence-corrected chi connectivity index (χ0v) is 11.3. The van der Waals surface area contributed by atoms with Crippen LogP contribution < -0.4 is 15.4 Å². The Hall–Kier alpha value is -3.02. The molecule has 0 unspecified atom stereocenters. The normalized spacial score (nSPS) is 9.76. The van der Waals surface area contributed by atoms with Crippen molar-refractivity contribution in [1.82, 2.24) is 0 Å². The topological polar surface area (TPSA) is 87.7 Å². The summed E-state index contributed by atoms with van der Waals surface area (Å²) in [5, 5.41) is 14.3. The minimum atomic E-state index is -0.868. The van der Waals surface area contributed by atoms with Gasteiger partial charge < -0.3 is 20.5 Å². The number of carbonyl (C=O) groups is 2. The van der Waals surface area contributed by atoms with Gasteiger partial charge in [0.25, 0.3) is 0 Å². The number of hydrogen-bond acceptors (Lipinski definition) is 4. The molecular formula is C15H14N2O4. The molecule has 2 aromatic carbocycles. The van der Waals surface area contributed by atoms with Gasteiger partial charge in [-0.05, 0) is 36.4 Å². The lowest BCUT2D eigenvalue weighted by atomic mass is 10.3. The molecule has 3 N–H and O–H groups in total. The van der Waals surface area contributed by atoms with Gasteiger partial charge in [0.2, 0.25) is 0 Å². The molecule has 6 heteroatoms. The van der Waals surface area contributed by atoms with Gasteiger partial charge in [-0.15, -0.1) is 0 Å².